The van der Waals surface area contributed by atoms with Crippen LogP contribution in [0.1, 0.15) is 31.7 Å². The van der Waals surface area contributed by atoms with Gasteiger partial charge in [0.2, 0.25) is 0 Å². The van der Waals surface area contributed by atoms with Crippen LogP contribution in [-0.2, 0) is 11.8 Å². The highest BCUT2D eigenvalue weighted by atomic mass is 15.3. The van der Waals surface area contributed by atoms with Crippen molar-refractivity contribution >= 4 is 22.7 Å². The lowest BCUT2D eigenvalue weighted by atomic mass is 9.90. The quantitative estimate of drug-likeness (QED) is 0.766. The van der Waals surface area contributed by atoms with Crippen LogP contribution in [0.25, 0.3) is 11.2 Å². The average Bonchev–Trinajstić information content (AvgIpc) is 3.04. The van der Waals surface area contributed by atoms with E-state index in [0.717, 1.165) is 47.8 Å². The molecule has 0 aliphatic carbocycles. The normalized spacial score (nSPS) is 14.9. The van der Waals surface area contributed by atoms with E-state index in [0.29, 0.717) is 12.2 Å². The van der Waals surface area contributed by atoms with E-state index in [-0.39, 0.29) is 5.41 Å². The van der Waals surface area contributed by atoms with Crippen molar-refractivity contribution in [1.82, 2.24) is 25.1 Å². The fourth-order valence-corrected chi connectivity index (χ4v) is 3.02. The zero-order chi connectivity index (χ0) is 16.7. The van der Waals surface area contributed by atoms with E-state index < -0.39 is 0 Å². The van der Waals surface area contributed by atoms with Crippen LogP contribution in [0.5, 0.6) is 0 Å². The number of nitrogens with one attached hydrogen (secondary N) is 1. The Balaban J connectivity index is 1.80. The molecule has 1 aliphatic heterocycles. The van der Waals surface area contributed by atoms with Crippen molar-refractivity contribution in [2.75, 3.05) is 18.0 Å². The van der Waals surface area contributed by atoms with Gasteiger partial charge in [-0.05, 0) is 25.0 Å². The minimum absolute atomic E-state index is 0.214. The van der Waals surface area contributed by atoms with Crippen LogP contribution in [0.15, 0.2) is 24.5 Å². The molecule has 124 valence electrons. The van der Waals surface area contributed by atoms with Gasteiger partial charge in [-0.1, -0.05) is 13.8 Å². The number of aryl methyl sites for hydroxylation is 1. The molecule has 0 amide bonds. The topological polar surface area (TPSA) is 96.6 Å². The predicted octanol–water partition coefficient (Wildman–Crippen LogP) is 2.07. The number of rotatable bonds is 3. The van der Waals surface area contributed by atoms with Crippen molar-refractivity contribution in [2.45, 2.75) is 32.1 Å². The van der Waals surface area contributed by atoms with Crippen LogP contribution >= 0.6 is 0 Å². The maximum Gasteiger partial charge on any atom is 0.183 e. The summed E-state index contributed by atoms with van der Waals surface area (Å²) >= 11 is 0. The minimum atomic E-state index is -0.214. The SMILES string of the molecule is CC(C)(CN)c1cnc2c(N3CCCc4ncccc43)n[nH]c2n1. The molecule has 7 nitrogen and oxygen atoms in total. The number of aromatic nitrogens is 5. The maximum atomic E-state index is 5.85. The molecule has 0 aromatic carbocycles. The number of nitrogens with zero attached hydrogens (tertiary/aromatic N) is 5. The standard InChI is InChI=1S/C17H21N7/c1-17(2,10-18)13-9-20-14-15(21-13)22-23-16(14)24-8-4-5-11-12(24)6-3-7-19-11/h3,6-7,9H,4-5,8,10,18H2,1-2H3,(H,21,22,23). The van der Waals surface area contributed by atoms with E-state index in [1.54, 1.807) is 0 Å². The van der Waals surface area contributed by atoms with Crippen LogP contribution in [0.2, 0.25) is 0 Å². The number of pyridine rings is 1. The molecule has 0 bridgehead atoms. The highest BCUT2D eigenvalue weighted by molar-refractivity contribution is 5.86. The predicted molar refractivity (Wildman–Crippen MR) is 93.3 cm³/mol. The van der Waals surface area contributed by atoms with E-state index in [2.05, 4.69) is 50.0 Å². The molecule has 3 N–H and O–H groups in total. The zero-order valence-corrected chi connectivity index (χ0v) is 14.0. The summed E-state index contributed by atoms with van der Waals surface area (Å²) in [5.74, 6) is 0.809. The lowest BCUT2D eigenvalue weighted by Gasteiger charge is -2.28. The van der Waals surface area contributed by atoms with E-state index in [1.807, 2.05) is 18.5 Å². The van der Waals surface area contributed by atoms with Gasteiger partial charge >= 0.3 is 0 Å². The molecule has 3 aromatic rings. The number of hydrogen-bond acceptors (Lipinski definition) is 6. The molecule has 0 radical (unpaired) electrons. The number of aromatic amines is 1. The lowest BCUT2D eigenvalue weighted by molar-refractivity contribution is 0.521. The Bertz CT molecular complexity index is 884. The van der Waals surface area contributed by atoms with Crippen molar-refractivity contribution in [3.8, 4) is 0 Å². The monoisotopic (exact) mass is 323 g/mol. The smallest absolute Gasteiger partial charge is 0.183 e. The molecule has 24 heavy (non-hydrogen) atoms. The van der Waals surface area contributed by atoms with Crippen molar-refractivity contribution in [2.24, 2.45) is 5.73 Å². The van der Waals surface area contributed by atoms with E-state index >= 15 is 0 Å². The van der Waals surface area contributed by atoms with Gasteiger partial charge in [0.15, 0.2) is 17.0 Å². The van der Waals surface area contributed by atoms with Gasteiger partial charge in [0, 0.05) is 24.7 Å². The molecule has 0 saturated carbocycles. The Labute approximate surface area is 140 Å². The Kier molecular flexibility index (Phi) is 3.45. The van der Waals surface area contributed by atoms with Gasteiger partial charge in [0.25, 0.3) is 0 Å². The lowest BCUT2D eigenvalue weighted by Crippen LogP contribution is -2.29. The van der Waals surface area contributed by atoms with Gasteiger partial charge in [0.1, 0.15) is 0 Å². The third-order valence-corrected chi connectivity index (χ3v) is 4.66. The van der Waals surface area contributed by atoms with Crippen molar-refractivity contribution in [3.05, 3.63) is 35.9 Å². The van der Waals surface area contributed by atoms with E-state index in [1.165, 1.54) is 0 Å². The Morgan fingerprint density at radius 2 is 2.21 bits per heavy atom. The number of H-pyrrole nitrogens is 1. The summed E-state index contributed by atoms with van der Waals surface area (Å²) in [6, 6.07) is 4.04. The second kappa shape index (κ2) is 5.52. The van der Waals surface area contributed by atoms with Crippen LogP contribution in [-0.4, -0.2) is 38.2 Å². The summed E-state index contributed by atoms with van der Waals surface area (Å²) in [5, 5.41) is 7.51. The van der Waals surface area contributed by atoms with Gasteiger partial charge < -0.3 is 10.6 Å². The number of nitrogens with two attached hydrogens (primary N) is 1. The molecule has 0 spiro atoms. The second-order valence-corrected chi connectivity index (χ2v) is 6.81. The van der Waals surface area contributed by atoms with Gasteiger partial charge in [-0.2, -0.15) is 5.10 Å². The Morgan fingerprint density at radius 1 is 1.33 bits per heavy atom. The summed E-state index contributed by atoms with van der Waals surface area (Å²) < 4.78 is 0. The first-order valence-electron chi connectivity index (χ1n) is 8.23. The third-order valence-electron chi connectivity index (χ3n) is 4.66. The van der Waals surface area contributed by atoms with Gasteiger partial charge in [-0.3, -0.25) is 10.1 Å². The maximum absolute atomic E-state index is 5.85. The molecule has 4 heterocycles. The third kappa shape index (κ3) is 2.32. The fourth-order valence-electron chi connectivity index (χ4n) is 3.02. The van der Waals surface area contributed by atoms with Gasteiger partial charge in [-0.15, -0.1) is 0 Å². The molecule has 0 saturated heterocycles. The van der Waals surface area contributed by atoms with Crippen molar-refractivity contribution in [3.63, 3.8) is 0 Å². The van der Waals surface area contributed by atoms with E-state index in [9.17, 15) is 0 Å². The largest absolute Gasteiger partial charge is 0.330 e. The first kappa shape index (κ1) is 15.0. The van der Waals surface area contributed by atoms with Crippen LogP contribution in [0.4, 0.5) is 11.5 Å². The van der Waals surface area contributed by atoms with Gasteiger partial charge in [0.05, 0.1) is 23.3 Å². The summed E-state index contributed by atoms with van der Waals surface area (Å²) in [7, 11) is 0. The molecular weight excluding hydrogens is 302 g/mol. The van der Waals surface area contributed by atoms with Gasteiger partial charge in [-0.25, -0.2) is 9.97 Å². The highest BCUT2D eigenvalue weighted by Crippen LogP contribution is 2.34. The second-order valence-electron chi connectivity index (χ2n) is 6.81. The molecule has 3 aromatic heterocycles. The molecule has 7 heteroatoms. The molecule has 0 unspecified atom stereocenters. The highest BCUT2D eigenvalue weighted by Gasteiger charge is 2.26. The Morgan fingerprint density at radius 3 is 3.04 bits per heavy atom. The summed E-state index contributed by atoms with van der Waals surface area (Å²) in [4.78, 5) is 16.0. The summed E-state index contributed by atoms with van der Waals surface area (Å²) in [6.45, 7) is 5.54. The molecular formula is C17H21N7. The summed E-state index contributed by atoms with van der Waals surface area (Å²) in [6.07, 6.45) is 5.69. The van der Waals surface area contributed by atoms with Crippen molar-refractivity contribution < 1.29 is 0 Å². The molecule has 4 rings (SSSR count). The zero-order valence-electron chi connectivity index (χ0n) is 14.0. The number of hydrogen-bond donors (Lipinski definition) is 2. The number of fused-ring (bicyclic) bond motifs is 2. The average molecular weight is 323 g/mol. The first-order chi connectivity index (χ1) is 11.6. The minimum Gasteiger partial charge on any atom is -0.330 e. The number of anilines is 2. The van der Waals surface area contributed by atoms with Crippen LogP contribution in [0, 0.1) is 0 Å². The van der Waals surface area contributed by atoms with Crippen LogP contribution in [0.3, 0.4) is 0 Å². The molecule has 0 fully saturated rings. The van der Waals surface area contributed by atoms with Crippen molar-refractivity contribution in [1.29, 1.82) is 0 Å². The molecule has 1 aliphatic rings. The Hall–Kier alpha value is -2.54. The fraction of sp³-hybridized carbons (Fsp3) is 0.412. The first-order valence-corrected chi connectivity index (χ1v) is 8.23. The van der Waals surface area contributed by atoms with E-state index in [4.69, 9.17) is 5.73 Å². The summed E-state index contributed by atoms with van der Waals surface area (Å²) in [5.41, 5.74) is 10.2. The van der Waals surface area contributed by atoms with Crippen LogP contribution < -0.4 is 10.6 Å². The molecule has 0 atom stereocenters.